The molecule has 1 aliphatic carbocycles. The zero-order valence-corrected chi connectivity index (χ0v) is 12.5. The van der Waals surface area contributed by atoms with E-state index in [2.05, 4.69) is 16.4 Å². The maximum absolute atomic E-state index is 12.2. The van der Waals surface area contributed by atoms with Crippen molar-refractivity contribution < 1.29 is 4.79 Å². The first-order chi connectivity index (χ1) is 9.60. The smallest absolute Gasteiger partial charge is 0.268 e. The molecule has 0 unspecified atom stereocenters. The van der Waals surface area contributed by atoms with Gasteiger partial charge in [0.05, 0.1) is 11.3 Å². The van der Waals surface area contributed by atoms with Crippen molar-refractivity contribution in [3.8, 4) is 6.07 Å². The third-order valence-corrected chi connectivity index (χ3v) is 5.47. The van der Waals surface area contributed by atoms with Crippen LogP contribution in [-0.4, -0.2) is 10.9 Å². The molecule has 0 aromatic carbocycles. The van der Waals surface area contributed by atoms with E-state index >= 15 is 0 Å². The second kappa shape index (κ2) is 4.89. The highest BCUT2D eigenvalue weighted by molar-refractivity contribution is 7.18. The van der Waals surface area contributed by atoms with Crippen LogP contribution in [0, 0.1) is 18.3 Å². The van der Waals surface area contributed by atoms with Gasteiger partial charge < -0.3 is 11.1 Å². The molecule has 102 valence electrons. The second-order valence-electron chi connectivity index (χ2n) is 4.59. The van der Waals surface area contributed by atoms with E-state index in [9.17, 15) is 10.1 Å². The number of nitrogens with zero attached hydrogens (tertiary/aromatic N) is 2. The molecule has 0 saturated heterocycles. The number of rotatable bonds is 2. The number of thiophene rings is 1. The molecule has 0 atom stereocenters. The Bertz CT molecular complexity index is 738. The number of nitrogens with two attached hydrogens (primary N) is 1. The molecule has 7 heteroatoms. The normalized spacial score (nSPS) is 13.0. The van der Waals surface area contributed by atoms with Crippen molar-refractivity contribution in [2.45, 2.75) is 26.2 Å². The Kier molecular flexibility index (Phi) is 3.20. The van der Waals surface area contributed by atoms with E-state index in [1.165, 1.54) is 16.2 Å². The third-order valence-electron chi connectivity index (χ3n) is 3.28. The number of carbonyl (C=O) groups excluding carboxylic acids is 1. The summed E-state index contributed by atoms with van der Waals surface area (Å²) in [6, 6.07) is 2.21. The minimum atomic E-state index is -0.242. The molecular formula is C13H12N4OS2. The van der Waals surface area contributed by atoms with E-state index in [4.69, 9.17) is 5.73 Å². The number of anilines is 2. The Morgan fingerprint density at radius 3 is 2.90 bits per heavy atom. The Balaban J connectivity index is 1.91. The van der Waals surface area contributed by atoms with E-state index in [1.807, 2.05) is 0 Å². The molecule has 1 amide bonds. The fraction of sp³-hybridized carbons (Fsp3) is 0.308. The first kappa shape index (κ1) is 13.1. The molecule has 0 aliphatic heterocycles. The lowest BCUT2D eigenvalue weighted by atomic mass is 10.1. The first-order valence-electron chi connectivity index (χ1n) is 6.19. The summed E-state index contributed by atoms with van der Waals surface area (Å²) in [4.78, 5) is 18.0. The monoisotopic (exact) mass is 304 g/mol. The van der Waals surface area contributed by atoms with Gasteiger partial charge in [-0.15, -0.1) is 11.3 Å². The Morgan fingerprint density at radius 1 is 1.45 bits per heavy atom. The van der Waals surface area contributed by atoms with E-state index in [1.54, 1.807) is 6.92 Å². The molecule has 2 aromatic rings. The number of aryl methyl sites for hydroxylation is 2. The first-order valence-corrected chi connectivity index (χ1v) is 7.82. The van der Waals surface area contributed by atoms with E-state index < -0.39 is 0 Å². The van der Waals surface area contributed by atoms with Crippen molar-refractivity contribution in [3.63, 3.8) is 0 Å². The number of nitriles is 1. The standard InChI is InChI=1S/C13H12N4OS2/c1-6-10(20-13(15)16-6)11(18)17-12-8(5-14)7-3-2-4-9(7)19-12/h2-4H2,1H3,(H2,15,16)(H,17,18). The van der Waals surface area contributed by atoms with E-state index in [0.717, 1.165) is 36.2 Å². The zero-order chi connectivity index (χ0) is 14.3. The highest BCUT2D eigenvalue weighted by atomic mass is 32.1. The minimum Gasteiger partial charge on any atom is -0.375 e. The van der Waals surface area contributed by atoms with Crippen molar-refractivity contribution in [2.24, 2.45) is 0 Å². The molecule has 2 heterocycles. The molecule has 0 bridgehead atoms. The Morgan fingerprint density at radius 2 is 2.25 bits per heavy atom. The summed E-state index contributed by atoms with van der Waals surface area (Å²) in [5, 5.41) is 13.1. The molecular weight excluding hydrogens is 292 g/mol. The minimum absolute atomic E-state index is 0.242. The molecule has 3 N–H and O–H groups in total. The van der Waals surface area contributed by atoms with Gasteiger partial charge >= 0.3 is 0 Å². The predicted octanol–water partition coefficient (Wildman–Crippen LogP) is 2.71. The molecule has 1 aliphatic rings. The molecule has 5 nitrogen and oxygen atoms in total. The van der Waals surface area contributed by atoms with Crippen molar-refractivity contribution in [1.82, 2.24) is 4.98 Å². The van der Waals surface area contributed by atoms with Crippen molar-refractivity contribution in [2.75, 3.05) is 11.1 Å². The van der Waals surface area contributed by atoms with Gasteiger partial charge in [0.15, 0.2) is 5.13 Å². The number of nitrogens with one attached hydrogen (secondary N) is 1. The van der Waals surface area contributed by atoms with E-state index in [-0.39, 0.29) is 5.91 Å². The number of nitrogen functional groups attached to an aromatic ring is 1. The van der Waals surface area contributed by atoms with Crippen LogP contribution in [0.3, 0.4) is 0 Å². The Labute approximate surface area is 124 Å². The van der Waals surface area contributed by atoms with Gasteiger partial charge in [0.25, 0.3) is 5.91 Å². The van der Waals surface area contributed by atoms with Crippen LogP contribution in [-0.2, 0) is 12.8 Å². The summed E-state index contributed by atoms with van der Waals surface area (Å²) in [5.74, 6) is -0.242. The van der Waals surface area contributed by atoms with Crippen LogP contribution in [0.2, 0.25) is 0 Å². The number of carbonyl (C=O) groups is 1. The van der Waals surface area contributed by atoms with Gasteiger partial charge in [-0.3, -0.25) is 4.79 Å². The number of fused-ring (bicyclic) bond motifs is 1. The van der Waals surface area contributed by atoms with Gasteiger partial charge in [-0.1, -0.05) is 11.3 Å². The predicted molar refractivity (Wildman–Crippen MR) is 80.3 cm³/mol. The fourth-order valence-electron chi connectivity index (χ4n) is 2.40. The van der Waals surface area contributed by atoms with Crippen LogP contribution in [0.1, 0.15) is 37.8 Å². The number of aromatic nitrogens is 1. The number of amides is 1. The van der Waals surface area contributed by atoms with Gasteiger partial charge in [0, 0.05) is 4.88 Å². The lowest BCUT2D eigenvalue weighted by Gasteiger charge is -2.02. The van der Waals surface area contributed by atoms with E-state index in [0.29, 0.717) is 26.3 Å². The molecule has 0 fully saturated rings. The fourth-order valence-corrected chi connectivity index (χ4v) is 4.36. The summed E-state index contributed by atoms with van der Waals surface area (Å²) < 4.78 is 0. The SMILES string of the molecule is Cc1nc(N)sc1C(=O)Nc1sc2c(c1C#N)CCC2. The van der Waals surface area contributed by atoms with Crippen LogP contribution < -0.4 is 11.1 Å². The van der Waals surface area contributed by atoms with Gasteiger partial charge in [-0.2, -0.15) is 5.26 Å². The topological polar surface area (TPSA) is 91.8 Å². The molecule has 0 radical (unpaired) electrons. The summed E-state index contributed by atoms with van der Waals surface area (Å²) in [6.07, 6.45) is 3.02. The zero-order valence-electron chi connectivity index (χ0n) is 10.8. The number of hydrogen-bond acceptors (Lipinski definition) is 6. The summed E-state index contributed by atoms with van der Waals surface area (Å²) in [5.41, 5.74) is 7.94. The van der Waals surface area contributed by atoms with Gasteiger partial charge in [-0.05, 0) is 31.7 Å². The maximum atomic E-state index is 12.2. The average molecular weight is 304 g/mol. The second-order valence-corrected chi connectivity index (χ2v) is 6.73. The van der Waals surface area contributed by atoms with Gasteiger partial charge in [0.1, 0.15) is 15.9 Å². The number of thiazole rings is 1. The highest BCUT2D eigenvalue weighted by Crippen LogP contribution is 2.39. The van der Waals surface area contributed by atoms with Crippen molar-refractivity contribution >= 4 is 38.7 Å². The molecule has 20 heavy (non-hydrogen) atoms. The van der Waals surface area contributed by atoms with Crippen LogP contribution in [0.25, 0.3) is 0 Å². The Hall–Kier alpha value is -1.91. The summed E-state index contributed by atoms with van der Waals surface area (Å²) in [7, 11) is 0. The lowest BCUT2D eigenvalue weighted by Crippen LogP contribution is -2.11. The van der Waals surface area contributed by atoms with Crippen LogP contribution in [0.15, 0.2) is 0 Å². The lowest BCUT2D eigenvalue weighted by molar-refractivity contribution is 0.103. The van der Waals surface area contributed by atoms with Crippen LogP contribution in [0.4, 0.5) is 10.1 Å². The summed E-state index contributed by atoms with van der Waals surface area (Å²) >= 11 is 2.67. The highest BCUT2D eigenvalue weighted by Gasteiger charge is 2.24. The molecule has 0 saturated carbocycles. The summed E-state index contributed by atoms with van der Waals surface area (Å²) in [6.45, 7) is 1.75. The molecule has 3 rings (SSSR count). The van der Waals surface area contributed by atoms with Crippen LogP contribution in [0.5, 0.6) is 0 Å². The quantitative estimate of drug-likeness (QED) is 0.892. The van der Waals surface area contributed by atoms with Gasteiger partial charge in [-0.25, -0.2) is 4.98 Å². The maximum Gasteiger partial charge on any atom is 0.268 e. The largest absolute Gasteiger partial charge is 0.375 e. The van der Waals surface area contributed by atoms with Gasteiger partial charge in [0.2, 0.25) is 0 Å². The van der Waals surface area contributed by atoms with Crippen molar-refractivity contribution in [3.05, 3.63) is 26.6 Å². The van der Waals surface area contributed by atoms with Crippen molar-refractivity contribution in [1.29, 1.82) is 5.26 Å². The third kappa shape index (κ3) is 2.07. The van der Waals surface area contributed by atoms with Crippen LogP contribution >= 0.6 is 22.7 Å². The molecule has 0 spiro atoms. The average Bonchev–Trinajstić information content (AvgIpc) is 3.03. The molecule has 2 aromatic heterocycles. The number of hydrogen-bond donors (Lipinski definition) is 2.